The van der Waals surface area contributed by atoms with Crippen molar-refractivity contribution in [2.75, 3.05) is 6.54 Å². The van der Waals surface area contributed by atoms with Crippen molar-refractivity contribution >= 4 is 26.8 Å². The highest BCUT2D eigenvalue weighted by atomic mass is 79.9. The van der Waals surface area contributed by atoms with E-state index in [0.717, 1.165) is 27.5 Å². The highest BCUT2D eigenvalue weighted by Crippen LogP contribution is 2.35. The molecule has 15 heavy (non-hydrogen) atoms. The molecule has 0 bridgehead atoms. The van der Waals surface area contributed by atoms with Crippen LogP contribution >= 0.6 is 15.9 Å². The predicted molar refractivity (Wildman–Crippen MR) is 65.2 cm³/mol. The Labute approximate surface area is 96.4 Å². The molecule has 0 fully saturated rings. The molecule has 0 aliphatic carbocycles. The Morgan fingerprint density at radius 3 is 2.87 bits per heavy atom. The van der Waals surface area contributed by atoms with Crippen molar-refractivity contribution in [3.05, 3.63) is 27.9 Å². The largest absolute Gasteiger partial charge is 0.507 e. The first-order valence-corrected chi connectivity index (χ1v) is 5.63. The van der Waals surface area contributed by atoms with Crippen molar-refractivity contribution < 1.29 is 5.11 Å². The SMILES string of the molecule is Cc1[nH]c2ccc(O)c(Br)c2c1CCN. The molecule has 1 aromatic heterocycles. The minimum Gasteiger partial charge on any atom is -0.507 e. The molecule has 1 heterocycles. The zero-order chi connectivity index (χ0) is 11.0. The van der Waals surface area contributed by atoms with Crippen LogP contribution in [-0.4, -0.2) is 16.6 Å². The van der Waals surface area contributed by atoms with Gasteiger partial charge >= 0.3 is 0 Å². The second kappa shape index (κ2) is 3.87. The average Bonchev–Trinajstić information content (AvgIpc) is 2.51. The number of halogens is 1. The van der Waals surface area contributed by atoms with Crippen LogP contribution in [0.2, 0.25) is 0 Å². The van der Waals surface area contributed by atoms with E-state index in [4.69, 9.17) is 5.73 Å². The van der Waals surface area contributed by atoms with Crippen molar-refractivity contribution in [2.45, 2.75) is 13.3 Å². The van der Waals surface area contributed by atoms with Gasteiger partial charge in [-0.1, -0.05) is 0 Å². The zero-order valence-corrected chi connectivity index (χ0v) is 10.1. The van der Waals surface area contributed by atoms with E-state index in [-0.39, 0.29) is 5.75 Å². The van der Waals surface area contributed by atoms with Crippen LogP contribution in [0.1, 0.15) is 11.3 Å². The molecule has 80 valence electrons. The van der Waals surface area contributed by atoms with Crippen LogP contribution in [-0.2, 0) is 6.42 Å². The molecule has 0 atom stereocenters. The fourth-order valence-corrected chi connectivity index (χ4v) is 2.47. The average molecular weight is 269 g/mol. The first kappa shape index (κ1) is 10.5. The first-order valence-electron chi connectivity index (χ1n) is 4.84. The Bertz CT molecular complexity index is 505. The van der Waals surface area contributed by atoms with Gasteiger partial charge in [0.05, 0.1) is 4.47 Å². The topological polar surface area (TPSA) is 62.0 Å². The van der Waals surface area contributed by atoms with Crippen LogP contribution in [0.15, 0.2) is 16.6 Å². The van der Waals surface area contributed by atoms with Crippen molar-refractivity contribution in [2.24, 2.45) is 5.73 Å². The number of rotatable bonds is 2. The maximum atomic E-state index is 9.63. The Balaban J connectivity index is 2.77. The summed E-state index contributed by atoms with van der Waals surface area (Å²) >= 11 is 3.40. The number of aromatic amines is 1. The Hall–Kier alpha value is -1.00. The second-order valence-electron chi connectivity index (χ2n) is 3.59. The van der Waals surface area contributed by atoms with Crippen LogP contribution in [0.25, 0.3) is 10.9 Å². The van der Waals surface area contributed by atoms with E-state index in [0.29, 0.717) is 6.54 Å². The van der Waals surface area contributed by atoms with Gasteiger partial charge < -0.3 is 15.8 Å². The molecule has 0 saturated heterocycles. The van der Waals surface area contributed by atoms with Crippen LogP contribution in [0.4, 0.5) is 0 Å². The second-order valence-corrected chi connectivity index (χ2v) is 4.38. The van der Waals surface area contributed by atoms with Gasteiger partial charge in [-0.25, -0.2) is 0 Å². The third-order valence-electron chi connectivity index (χ3n) is 2.59. The lowest BCUT2D eigenvalue weighted by Crippen LogP contribution is -2.03. The number of hydrogen-bond donors (Lipinski definition) is 3. The van der Waals surface area contributed by atoms with Crippen LogP contribution in [0, 0.1) is 6.92 Å². The highest BCUT2D eigenvalue weighted by molar-refractivity contribution is 9.10. The molecule has 3 nitrogen and oxygen atoms in total. The van der Waals surface area contributed by atoms with Crippen molar-refractivity contribution in [3.63, 3.8) is 0 Å². The zero-order valence-electron chi connectivity index (χ0n) is 8.47. The quantitative estimate of drug-likeness (QED) is 0.784. The van der Waals surface area contributed by atoms with Gasteiger partial charge in [0.15, 0.2) is 0 Å². The molecule has 0 saturated carbocycles. The molecule has 0 spiro atoms. The van der Waals surface area contributed by atoms with Crippen molar-refractivity contribution in [1.29, 1.82) is 0 Å². The number of nitrogens with two attached hydrogens (primary N) is 1. The Kier molecular flexibility index (Phi) is 2.71. The number of fused-ring (bicyclic) bond motifs is 1. The molecule has 0 aliphatic heterocycles. The van der Waals surface area contributed by atoms with Gasteiger partial charge in [0.1, 0.15) is 5.75 Å². The number of hydrogen-bond acceptors (Lipinski definition) is 2. The maximum Gasteiger partial charge on any atom is 0.130 e. The molecular weight excluding hydrogens is 256 g/mol. The van der Waals surface area contributed by atoms with E-state index in [1.54, 1.807) is 6.07 Å². The van der Waals surface area contributed by atoms with Gasteiger partial charge in [0.25, 0.3) is 0 Å². The van der Waals surface area contributed by atoms with E-state index < -0.39 is 0 Å². The summed E-state index contributed by atoms with van der Waals surface area (Å²) in [5, 5.41) is 10.7. The number of benzene rings is 1. The summed E-state index contributed by atoms with van der Waals surface area (Å²) in [6.45, 7) is 2.63. The molecule has 0 amide bonds. The molecule has 1 aromatic carbocycles. The number of H-pyrrole nitrogens is 1. The smallest absolute Gasteiger partial charge is 0.130 e. The summed E-state index contributed by atoms with van der Waals surface area (Å²) in [5.41, 5.74) is 8.89. The van der Waals surface area contributed by atoms with Crippen LogP contribution in [0.5, 0.6) is 5.75 Å². The molecule has 2 rings (SSSR count). The van der Waals surface area contributed by atoms with Crippen molar-refractivity contribution in [1.82, 2.24) is 4.98 Å². The van der Waals surface area contributed by atoms with Gasteiger partial charge in [-0.3, -0.25) is 0 Å². The summed E-state index contributed by atoms with van der Waals surface area (Å²) in [6.07, 6.45) is 0.813. The number of phenolic OH excluding ortho intramolecular Hbond substituents is 1. The van der Waals surface area contributed by atoms with Crippen LogP contribution in [0.3, 0.4) is 0 Å². The summed E-state index contributed by atoms with van der Waals surface area (Å²) in [6, 6.07) is 3.55. The molecule has 4 N–H and O–H groups in total. The lowest BCUT2D eigenvalue weighted by molar-refractivity contribution is 0.473. The van der Waals surface area contributed by atoms with Gasteiger partial charge in [-0.2, -0.15) is 0 Å². The number of aromatic nitrogens is 1. The fourth-order valence-electron chi connectivity index (χ4n) is 1.89. The minimum absolute atomic E-state index is 0.264. The third kappa shape index (κ3) is 1.64. The van der Waals surface area contributed by atoms with E-state index in [2.05, 4.69) is 20.9 Å². The van der Waals surface area contributed by atoms with Gasteiger partial charge in [0, 0.05) is 16.6 Å². The molecule has 0 unspecified atom stereocenters. The molecule has 0 aliphatic rings. The fraction of sp³-hybridized carbons (Fsp3) is 0.273. The normalized spacial score (nSPS) is 11.1. The van der Waals surface area contributed by atoms with Crippen molar-refractivity contribution in [3.8, 4) is 5.75 Å². The van der Waals surface area contributed by atoms with E-state index in [9.17, 15) is 5.11 Å². The van der Waals surface area contributed by atoms with E-state index in [1.165, 1.54) is 5.56 Å². The van der Waals surface area contributed by atoms with E-state index in [1.807, 2.05) is 13.0 Å². The van der Waals surface area contributed by atoms with Crippen LogP contribution < -0.4 is 5.73 Å². The summed E-state index contributed by atoms with van der Waals surface area (Å²) < 4.78 is 0.743. The summed E-state index contributed by atoms with van der Waals surface area (Å²) in [4.78, 5) is 3.28. The monoisotopic (exact) mass is 268 g/mol. The molecule has 0 radical (unpaired) electrons. The summed E-state index contributed by atoms with van der Waals surface area (Å²) in [5.74, 6) is 0.264. The standard InChI is InChI=1S/C11H13BrN2O/c1-6-7(4-5-13)10-8(14-6)2-3-9(15)11(10)12/h2-3,14-15H,4-5,13H2,1H3. The number of nitrogens with one attached hydrogen (secondary N) is 1. The molecular formula is C11H13BrN2O. The number of aryl methyl sites for hydroxylation is 1. The number of aromatic hydroxyl groups is 1. The highest BCUT2D eigenvalue weighted by Gasteiger charge is 2.12. The van der Waals surface area contributed by atoms with Gasteiger partial charge in [0.2, 0.25) is 0 Å². The lowest BCUT2D eigenvalue weighted by atomic mass is 10.1. The third-order valence-corrected chi connectivity index (χ3v) is 3.40. The Morgan fingerprint density at radius 1 is 1.47 bits per heavy atom. The van der Waals surface area contributed by atoms with E-state index >= 15 is 0 Å². The lowest BCUT2D eigenvalue weighted by Gasteiger charge is -2.02. The number of phenols is 1. The van der Waals surface area contributed by atoms with Gasteiger partial charge in [-0.15, -0.1) is 0 Å². The maximum absolute atomic E-state index is 9.63. The van der Waals surface area contributed by atoms with Gasteiger partial charge in [-0.05, 0) is 53.5 Å². The Morgan fingerprint density at radius 2 is 2.20 bits per heavy atom. The minimum atomic E-state index is 0.264. The predicted octanol–water partition coefficient (Wildman–Crippen LogP) is 2.45. The summed E-state index contributed by atoms with van der Waals surface area (Å²) in [7, 11) is 0. The molecule has 4 heteroatoms. The molecule has 2 aromatic rings. The first-order chi connectivity index (χ1) is 7.15.